The van der Waals surface area contributed by atoms with Crippen molar-refractivity contribution in [1.29, 1.82) is 0 Å². The zero-order valence-electron chi connectivity index (χ0n) is 31.6. The van der Waals surface area contributed by atoms with Gasteiger partial charge >= 0.3 is 25.8 Å². The first-order valence-electron chi connectivity index (χ1n) is 15.9. The molecule has 0 aliphatic carbocycles. The Balaban J connectivity index is 0.000000413. The van der Waals surface area contributed by atoms with Gasteiger partial charge in [-0.3, -0.25) is 0 Å². The first kappa shape index (κ1) is 41.3. The summed E-state index contributed by atoms with van der Waals surface area (Å²) < 4.78 is 6.02. The molecule has 5 heteroatoms. The number of hydrogen-bond acceptors (Lipinski definition) is 3. The van der Waals surface area contributed by atoms with Gasteiger partial charge in [-0.1, -0.05) is 115 Å². The molecule has 0 fully saturated rings. The molecule has 0 bridgehead atoms. The summed E-state index contributed by atoms with van der Waals surface area (Å²) in [5.74, 6) is 1.10. The molecular weight excluding hydrogens is 610 g/mol. The maximum Gasteiger partial charge on any atom is 3.00 e. The molecule has 0 atom stereocenters. The first-order valence-corrected chi connectivity index (χ1v) is 18.9. The molecule has 0 spiro atoms. The van der Waals surface area contributed by atoms with Gasteiger partial charge in [-0.25, -0.2) is 0 Å². The van der Waals surface area contributed by atoms with Crippen LogP contribution in [0.25, 0.3) is 0 Å². The van der Waals surface area contributed by atoms with E-state index in [1.807, 2.05) is 71.7 Å². The van der Waals surface area contributed by atoms with Gasteiger partial charge in [0.15, 0.2) is 0 Å². The van der Waals surface area contributed by atoms with E-state index in [-0.39, 0.29) is 31.3 Å². The van der Waals surface area contributed by atoms with Crippen LogP contribution >= 0.6 is 0 Å². The maximum atomic E-state index is 6.02. The predicted molar refractivity (Wildman–Crippen MR) is 205 cm³/mol. The van der Waals surface area contributed by atoms with Crippen molar-refractivity contribution in [3.05, 3.63) is 119 Å². The Morgan fingerprint density at radius 2 is 1.09 bits per heavy atom. The van der Waals surface area contributed by atoms with Crippen molar-refractivity contribution >= 4 is 29.8 Å². The minimum Gasteiger partial charge on any atom is -0.497 e. The second-order valence-corrected chi connectivity index (χ2v) is 18.5. The fraction of sp³-hybridized carbons (Fsp3) is 0.390. The molecule has 246 valence electrons. The van der Waals surface area contributed by atoms with Crippen molar-refractivity contribution in [2.75, 3.05) is 45.1 Å². The summed E-state index contributed by atoms with van der Waals surface area (Å²) in [5, 5.41) is 3.02. The molecule has 0 saturated heterocycles. The summed E-state index contributed by atoms with van der Waals surface area (Å²) in [4.78, 5) is 4.12. The van der Waals surface area contributed by atoms with Crippen molar-refractivity contribution in [3.8, 4) is 5.75 Å². The molecule has 46 heavy (non-hydrogen) atoms. The normalized spacial score (nSPS) is 10.9. The average molecular weight is 669 g/mol. The zero-order valence-corrected chi connectivity index (χ0v) is 34.4. The number of nitrogens with zero attached hydrogens (tertiary/aromatic N) is 2. The summed E-state index contributed by atoms with van der Waals surface area (Å²) in [5.41, 5.74) is 13.1. The molecule has 0 aliphatic rings. The SMILES string of the molecule is COc1c(C(C)(C)C)cc(C)cc1[Si](C)(C)[c-]1c(C)c(C)c(C)c1C.[CH2-]c1ccccc1N(C)C.[CH2-]c1ccccc1N(C)C.[Sc+3]. The molecule has 0 unspecified atom stereocenters. The number of benzene rings is 3. The van der Waals surface area contributed by atoms with E-state index >= 15 is 0 Å². The topological polar surface area (TPSA) is 15.7 Å². The van der Waals surface area contributed by atoms with Crippen LogP contribution in [0.1, 0.15) is 65.3 Å². The molecule has 4 aromatic carbocycles. The smallest absolute Gasteiger partial charge is 0.497 e. The summed E-state index contributed by atoms with van der Waals surface area (Å²) in [6, 6.07) is 20.8. The van der Waals surface area contributed by atoms with Crippen LogP contribution in [0.3, 0.4) is 0 Å². The van der Waals surface area contributed by atoms with Crippen LogP contribution < -0.4 is 24.9 Å². The molecule has 0 aromatic heterocycles. The Morgan fingerprint density at radius 3 is 1.39 bits per heavy atom. The van der Waals surface area contributed by atoms with Crippen LogP contribution in [0.5, 0.6) is 5.75 Å². The molecule has 0 radical (unpaired) electrons. The fourth-order valence-corrected chi connectivity index (χ4v) is 10.1. The number of para-hydroxylation sites is 2. The third kappa shape index (κ3) is 9.64. The minimum absolute atomic E-state index is 0. The Hall–Kier alpha value is -2.76. The van der Waals surface area contributed by atoms with Crippen LogP contribution in [-0.2, 0) is 31.3 Å². The number of hydrogen-bond donors (Lipinski definition) is 0. The van der Waals surface area contributed by atoms with Crippen molar-refractivity contribution in [1.82, 2.24) is 0 Å². The second-order valence-electron chi connectivity index (χ2n) is 14.2. The van der Waals surface area contributed by atoms with Gasteiger partial charge in [-0.15, -0.1) is 17.3 Å². The monoisotopic (exact) mass is 668 g/mol. The van der Waals surface area contributed by atoms with Gasteiger partial charge in [0.25, 0.3) is 0 Å². The standard InChI is InChI=1S/C23H35OSi.2C9H12N.Sc/c1-14-12-19(23(6,7)8)21(24-9)20(13-14)25(10,11)22-17(4)15(2)16(3)18(22)5;2*1-8-6-4-5-7-9(8)10(2)3;/h12-13H,1-11H3;2*4-7H,1H2,2-3H3;/q3*-1;+3. The average Bonchev–Trinajstić information content (AvgIpc) is 3.15. The quantitative estimate of drug-likeness (QED) is 0.156. The van der Waals surface area contributed by atoms with Crippen LogP contribution in [0.15, 0.2) is 60.7 Å². The van der Waals surface area contributed by atoms with Crippen molar-refractivity contribution in [2.45, 2.75) is 73.9 Å². The van der Waals surface area contributed by atoms with Gasteiger partial charge in [0, 0.05) is 0 Å². The third-order valence-electron chi connectivity index (χ3n) is 8.93. The van der Waals surface area contributed by atoms with E-state index in [1.54, 1.807) is 5.19 Å². The minimum atomic E-state index is -1.89. The fourth-order valence-electron chi connectivity index (χ4n) is 6.20. The van der Waals surface area contributed by atoms with Crippen molar-refractivity contribution in [2.24, 2.45) is 0 Å². The number of rotatable bonds is 5. The van der Waals surface area contributed by atoms with E-state index in [0.717, 1.165) is 16.9 Å². The number of aryl methyl sites for hydroxylation is 1. The molecule has 4 aromatic rings. The molecule has 0 saturated carbocycles. The van der Waals surface area contributed by atoms with E-state index in [0.29, 0.717) is 0 Å². The largest absolute Gasteiger partial charge is 3.00 e. The molecule has 0 aliphatic heterocycles. The summed E-state index contributed by atoms with van der Waals surface area (Å²) in [6.45, 7) is 30.9. The van der Waals surface area contributed by atoms with Crippen LogP contribution in [0, 0.1) is 48.5 Å². The molecule has 4 rings (SSSR count). The summed E-state index contributed by atoms with van der Waals surface area (Å²) in [6.07, 6.45) is 0. The Morgan fingerprint density at radius 1 is 0.696 bits per heavy atom. The third-order valence-corrected chi connectivity index (χ3v) is 12.6. The maximum absolute atomic E-state index is 6.02. The molecule has 3 nitrogen and oxygen atoms in total. The number of ether oxygens (including phenoxy) is 1. The molecule has 0 amide bonds. The van der Waals surface area contributed by atoms with E-state index < -0.39 is 8.07 Å². The Bertz CT molecular complexity index is 1500. The summed E-state index contributed by atoms with van der Waals surface area (Å²) >= 11 is 0. The molecular formula is C41H59N2OScSi. The number of methoxy groups -OCH3 is 1. The van der Waals surface area contributed by atoms with E-state index in [4.69, 9.17) is 4.74 Å². The molecule has 0 heterocycles. The summed E-state index contributed by atoms with van der Waals surface area (Å²) in [7, 11) is 8.01. The van der Waals surface area contributed by atoms with Gasteiger partial charge in [-0.05, 0) is 51.3 Å². The predicted octanol–water partition coefficient (Wildman–Crippen LogP) is 8.94. The van der Waals surface area contributed by atoms with Gasteiger partial charge in [-0.2, -0.15) is 59.4 Å². The van der Waals surface area contributed by atoms with Gasteiger partial charge in [0.2, 0.25) is 0 Å². The van der Waals surface area contributed by atoms with Crippen molar-refractivity contribution < 1.29 is 30.6 Å². The van der Waals surface area contributed by atoms with E-state index in [9.17, 15) is 0 Å². The van der Waals surface area contributed by atoms with Crippen LogP contribution in [-0.4, -0.2) is 43.4 Å². The van der Waals surface area contributed by atoms with Gasteiger partial charge in [0.1, 0.15) is 5.75 Å². The van der Waals surface area contributed by atoms with Crippen LogP contribution in [0.4, 0.5) is 11.4 Å². The van der Waals surface area contributed by atoms with Gasteiger partial charge < -0.3 is 14.5 Å². The Kier molecular flexibility index (Phi) is 15.1. The van der Waals surface area contributed by atoms with Gasteiger partial charge in [0.05, 0.1) is 15.2 Å². The second kappa shape index (κ2) is 16.9. The zero-order chi connectivity index (χ0) is 34.4. The first-order chi connectivity index (χ1) is 20.8. The van der Waals surface area contributed by atoms with E-state index in [1.165, 1.54) is 49.9 Å². The van der Waals surface area contributed by atoms with E-state index in [2.05, 4.69) is 116 Å². The number of anilines is 2. The van der Waals surface area contributed by atoms with Crippen molar-refractivity contribution in [3.63, 3.8) is 0 Å². The molecule has 0 N–H and O–H groups in total. The van der Waals surface area contributed by atoms with Crippen LogP contribution in [0.2, 0.25) is 13.1 Å². The Labute approximate surface area is 302 Å².